The second-order valence-electron chi connectivity index (χ2n) is 6.35. The fourth-order valence-corrected chi connectivity index (χ4v) is 3.62. The summed E-state index contributed by atoms with van der Waals surface area (Å²) in [5, 5.41) is 2.57. The minimum absolute atomic E-state index is 1.18. The zero-order valence-electron chi connectivity index (χ0n) is 15.7. The number of benzene rings is 4. The normalized spacial score (nSPS) is 10.6. The molecule has 0 spiro atoms. The molecular formula is C26H23N. The highest BCUT2D eigenvalue weighted by Crippen LogP contribution is 2.36. The van der Waals surface area contributed by atoms with Gasteiger partial charge in [0.1, 0.15) is 0 Å². The van der Waals surface area contributed by atoms with E-state index in [2.05, 4.69) is 102 Å². The van der Waals surface area contributed by atoms with Crippen LogP contribution in [-0.2, 0) is 0 Å². The molecule has 1 N–H and O–H groups in total. The van der Waals surface area contributed by atoms with Gasteiger partial charge in [-0.15, -0.1) is 0 Å². The third kappa shape index (κ3) is 3.13. The third-order valence-electron chi connectivity index (χ3n) is 4.81. The lowest BCUT2D eigenvalue weighted by atomic mass is 9.97. The molecule has 0 radical (unpaired) electrons. The van der Waals surface area contributed by atoms with Gasteiger partial charge >= 0.3 is 0 Å². The Bertz CT molecular complexity index is 1170. The average molecular weight is 349 g/mol. The van der Waals surface area contributed by atoms with E-state index in [1.807, 2.05) is 13.8 Å². The molecule has 0 aliphatic carbocycles. The molecule has 132 valence electrons. The molecule has 5 aromatic rings. The maximum Gasteiger partial charge on any atom is 0.0471 e. The first-order chi connectivity index (χ1) is 13.4. The summed E-state index contributed by atoms with van der Waals surface area (Å²) in [6.07, 6.45) is 0. The molecule has 1 heteroatoms. The number of hydrogen-bond donors (Lipinski definition) is 1. The van der Waals surface area contributed by atoms with E-state index < -0.39 is 0 Å². The maximum atomic E-state index is 3.57. The van der Waals surface area contributed by atoms with Crippen molar-refractivity contribution >= 4 is 21.8 Å². The van der Waals surface area contributed by atoms with Gasteiger partial charge in [-0.2, -0.15) is 0 Å². The lowest BCUT2D eigenvalue weighted by Crippen LogP contribution is -1.80. The zero-order chi connectivity index (χ0) is 18.6. The molecule has 4 aromatic carbocycles. The Balaban J connectivity index is 0.000000872. The van der Waals surface area contributed by atoms with Crippen LogP contribution in [0.1, 0.15) is 13.8 Å². The Labute approximate surface area is 160 Å². The number of nitrogens with one attached hydrogen (secondary N) is 1. The summed E-state index contributed by atoms with van der Waals surface area (Å²) >= 11 is 0. The molecule has 0 atom stereocenters. The van der Waals surface area contributed by atoms with Crippen LogP contribution in [0.4, 0.5) is 0 Å². The van der Waals surface area contributed by atoms with Crippen molar-refractivity contribution in [1.29, 1.82) is 0 Å². The van der Waals surface area contributed by atoms with Crippen LogP contribution in [-0.4, -0.2) is 4.98 Å². The molecule has 1 nitrogen and oxygen atoms in total. The van der Waals surface area contributed by atoms with Crippen molar-refractivity contribution in [3.8, 4) is 22.3 Å². The fourth-order valence-electron chi connectivity index (χ4n) is 3.62. The maximum absolute atomic E-state index is 3.57. The van der Waals surface area contributed by atoms with Crippen molar-refractivity contribution in [2.75, 3.05) is 0 Å². The largest absolute Gasteiger partial charge is 0.354 e. The van der Waals surface area contributed by atoms with Gasteiger partial charge in [0.15, 0.2) is 0 Å². The number of rotatable bonds is 2. The minimum Gasteiger partial charge on any atom is -0.354 e. The lowest BCUT2D eigenvalue weighted by Gasteiger charge is -2.05. The highest BCUT2D eigenvalue weighted by atomic mass is 14.7. The summed E-state index contributed by atoms with van der Waals surface area (Å²) in [6, 6.07) is 34.3. The number of fused-ring (bicyclic) bond motifs is 3. The SMILES string of the molecule is CC.c1ccc(-c2ccc3[nH]c4cccc(-c5ccccc5)c4c3c2)cc1. The molecule has 0 aliphatic heterocycles. The zero-order valence-corrected chi connectivity index (χ0v) is 15.7. The van der Waals surface area contributed by atoms with E-state index in [9.17, 15) is 0 Å². The second-order valence-corrected chi connectivity index (χ2v) is 6.35. The van der Waals surface area contributed by atoms with Crippen LogP contribution < -0.4 is 0 Å². The van der Waals surface area contributed by atoms with Crippen molar-refractivity contribution in [3.63, 3.8) is 0 Å². The summed E-state index contributed by atoms with van der Waals surface area (Å²) in [5.41, 5.74) is 7.38. The molecule has 0 aliphatic rings. The van der Waals surface area contributed by atoms with Gasteiger partial charge in [0, 0.05) is 21.8 Å². The van der Waals surface area contributed by atoms with Gasteiger partial charge in [-0.1, -0.05) is 92.7 Å². The molecule has 5 rings (SSSR count). The lowest BCUT2D eigenvalue weighted by molar-refractivity contribution is 1.50. The fraction of sp³-hybridized carbons (Fsp3) is 0.0769. The van der Waals surface area contributed by atoms with Gasteiger partial charge in [-0.25, -0.2) is 0 Å². The molecule has 0 saturated heterocycles. The van der Waals surface area contributed by atoms with E-state index in [0.29, 0.717) is 0 Å². The van der Waals surface area contributed by atoms with Crippen molar-refractivity contribution in [2.24, 2.45) is 0 Å². The van der Waals surface area contributed by atoms with Crippen molar-refractivity contribution in [2.45, 2.75) is 13.8 Å². The molecule has 27 heavy (non-hydrogen) atoms. The summed E-state index contributed by atoms with van der Waals surface area (Å²) < 4.78 is 0. The van der Waals surface area contributed by atoms with Crippen molar-refractivity contribution in [3.05, 3.63) is 97.1 Å². The average Bonchev–Trinajstić information content (AvgIpc) is 3.14. The third-order valence-corrected chi connectivity index (χ3v) is 4.81. The van der Waals surface area contributed by atoms with Gasteiger partial charge in [0.25, 0.3) is 0 Å². The summed E-state index contributed by atoms with van der Waals surface area (Å²) in [7, 11) is 0. The highest BCUT2D eigenvalue weighted by Gasteiger charge is 2.11. The molecule has 0 unspecified atom stereocenters. The van der Waals surface area contributed by atoms with E-state index in [1.54, 1.807) is 0 Å². The van der Waals surface area contributed by atoms with Gasteiger partial charge in [0.05, 0.1) is 0 Å². The van der Waals surface area contributed by atoms with E-state index in [1.165, 1.54) is 44.1 Å². The molecule has 0 fully saturated rings. The molecule has 0 bridgehead atoms. The van der Waals surface area contributed by atoms with Gasteiger partial charge in [-0.3, -0.25) is 0 Å². The van der Waals surface area contributed by atoms with Gasteiger partial charge in [0.2, 0.25) is 0 Å². The van der Waals surface area contributed by atoms with Crippen LogP contribution in [0.3, 0.4) is 0 Å². The second kappa shape index (κ2) is 7.51. The monoisotopic (exact) mass is 349 g/mol. The summed E-state index contributed by atoms with van der Waals surface area (Å²) in [6.45, 7) is 4.00. The Hall–Kier alpha value is -3.32. The molecule has 0 saturated carbocycles. The predicted molar refractivity (Wildman–Crippen MR) is 118 cm³/mol. The molecule has 1 heterocycles. The molecule has 0 amide bonds. The van der Waals surface area contributed by atoms with Crippen LogP contribution in [0.25, 0.3) is 44.1 Å². The van der Waals surface area contributed by atoms with Gasteiger partial charge in [-0.05, 0) is 40.5 Å². The van der Waals surface area contributed by atoms with E-state index in [-0.39, 0.29) is 0 Å². The van der Waals surface area contributed by atoms with E-state index in [0.717, 1.165) is 0 Å². The molecular weight excluding hydrogens is 326 g/mol. The quantitative estimate of drug-likeness (QED) is 0.336. The number of aromatic amines is 1. The minimum atomic E-state index is 1.18. The Kier molecular flexibility index (Phi) is 4.76. The van der Waals surface area contributed by atoms with Crippen molar-refractivity contribution < 1.29 is 0 Å². The standard InChI is InChI=1S/C24H17N.C2H6/c1-3-8-17(9-4-1)19-14-15-22-21(16-19)24-20(12-7-13-23(24)25-22)18-10-5-2-6-11-18;1-2/h1-16,25H;1-2H3. The molecule has 1 aromatic heterocycles. The topological polar surface area (TPSA) is 15.8 Å². The first-order valence-electron chi connectivity index (χ1n) is 9.55. The Morgan fingerprint density at radius 3 is 1.89 bits per heavy atom. The Morgan fingerprint density at radius 1 is 0.519 bits per heavy atom. The smallest absolute Gasteiger partial charge is 0.0471 e. The first kappa shape index (κ1) is 17.1. The first-order valence-corrected chi connectivity index (χ1v) is 9.55. The summed E-state index contributed by atoms with van der Waals surface area (Å²) in [4.78, 5) is 3.57. The van der Waals surface area contributed by atoms with E-state index in [4.69, 9.17) is 0 Å². The number of hydrogen-bond acceptors (Lipinski definition) is 0. The Morgan fingerprint density at radius 2 is 1.19 bits per heavy atom. The van der Waals surface area contributed by atoms with Crippen LogP contribution in [0.2, 0.25) is 0 Å². The predicted octanol–water partition coefficient (Wildman–Crippen LogP) is 7.68. The van der Waals surface area contributed by atoms with Crippen LogP contribution in [0.15, 0.2) is 97.1 Å². The number of H-pyrrole nitrogens is 1. The van der Waals surface area contributed by atoms with Crippen LogP contribution in [0.5, 0.6) is 0 Å². The van der Waals surface area contributed by atoms with Gasteiger partial charge < -0.3 is 4.98 Å². The van der Waals surface area contributed by atoms with Crippen molar-refractivity contribution in [1.82, 2.24) is 4.98 Å². The number of aromatic nitrogens is 1. The van der Waals surface area contributed by atoms with Crippen LogP contribution in [0, 0.1) is 0 Å². The summed E-state index contributed by atoms with van der Waals surface area (Å²) in [5.74, 6) is 0. The highest BCUT2D eigenvalue weighted by molar-refractivity contribution is 6.15. The van der Waals surface area contributed by atoms with E-state index >= 15 is 0 Å². The van der Waals surface area contributed by atoms with Crippen LogP contribution >= 0.6 is 0 Å².